The molecule has 4 atom stereocenters. The largest absolute Gasteiger partial charge is 0.493 e. The lowest BCUT2D eigenvalue weighted by Gasteiger charge is -2.34. The Morgan fingerprint density at radius 1 is 0.970 bits per heavy atom. The summed E-state index contributed by atoms with van der Waals surface area (Å²) in [4.78, 5) is 42.5. The number of hydrogen-bond acceptors (Lipinski definition) is 7. The summed E-state index contributed by atoms with van der Waals surface area (Å²) < 4.78 is 21.2. The number of likely N-dealkylation sites (tertiary alicyclic amines) is 1. The maximum absolute atomic E-state index is 13.7. The number of rotatable bonds is 6. The number of ether oxygens (including phenoxy) is 4. The van der Waals surface area contributed by atoms with Crippen LogP contribution in [0.5, 0.6) is 17.2 Å². The summed E-state index contributed by atoms with van der Waals surface area (Å²) in [7, 11) is 5.90. The molecule has 9 heteroatoms. The lowest BCUT2D eigenvalue weighted by molar-refractivity contribution is -0.153. The van der Waals surface area contributed by atoms with Gasteiger partial charge in [0.05, 0.1) is 40.0 Å². The van der Waals surface area contributed by atoms with E-state index in [1.807, 2.05) is 0 Å². The molecule has 0 spiro atoms. The molecule has 1 aromatic carbocycles. The average molecular weight is 461 g/mol. The summed E-state index contributed by atoms with van der Waals surface area (Å²) in [6.45, 7) is 0.234. The molecule has 3 fully saturated rings. The van der Waals surface area contributed by atoms with Gasteiger partial charge in [-0.3, -0.25) is 9.59 Å². The first-order valence-electron chi connectivity index (χ1n) is 11.4. The number of methoxy groups -OCH3 is 4. The zero-order valence-corrected chi connectivity index (χ0v) is 19.7. The number of anilines is 1. The SMILES string of the molecule is COC(=O)C1CC2CCCCC2N1C(=O)C1CC(=O)N(c2cc(OC)c(OC)c(OC)c2)C1. The molecule has 0 N–H and O–H groups in total. The van der Waals surface area contributed by atoms with Gasteiger partial charge in [-0.25, -0.2) is 4.79 Å². The van der Waals surface area contributed by atoms with Gasteiger partial charge in [-0.2, -0.15) is 0 Å². The topological polar surface area (TPSA) is 94.6 Å². The number of nitrogens with zero attached hydrogens (tertiary/aromatic N) is 2. The number of esters is 1. The van der Waals surface area contributed by atoms with Crippen molar-refractivity contribution in [2.24, 2.45) is 11.8 Å². The molecule has 0 radical (unpaired) electrons. The van der Waals surface area contributed by atoms with Crippen LogP contribution in [-0.4, -0.2) is 69.8 Å². The lowest BCUT2D eigenvalue weighted by atomic mass is 9.84. The highest BCUT2D eigenvalue weighted by atomic mass is 16.5. The summed E-state index contributed by atoms with van der Waals surface area (Å²) in [6, 6.07) is 2.88. The maximum atomic E-state index is 13.7. The van der Waals surface area contributed by atoms with Crippen LogP contribution in [0.3, 0.4) is 0 Å². The van der Waals surface area contributed by atoms with Gasteiger partial charge in [-0.1, -0.05) is 12.8 Å². The second-order valence-electron chi connectivity index (χ2n) is 8.92. The van der Waals surface area contributed by atoms with Crippen LogP contribution in [-0.2, 0) is 19.1 Å². The third-order valence-corrected chi connectivity index (χ3v) is 7.25. The Morgan fingerprint density at radius 3 is 2.24 bits per heavy atom. The van der Waals surface area contributed by atoms with Crippen LogP contribution in [0.2, 0.25) is 0 Å². The van der Waals surface area contributed by atoms with Crippen molar-refractivity contribution in [2.75, 3.05) is 39.9 Å². The predicted molar refractivity (Wildman–Crippen MR) is 120 cm³/mol. The highest BCUT2D eigenvalue weighted by Gasteiger charge is 2.50. The smallest absolute Gasteiger partial charge is 0.328 e. The Bertz CT molecular complexity index is 908. The zero-order chi connectivity index (χ0) is 23.7. The monoisotopic (exact) mass is 460 g/mol. The van der Waals surface area contributed by atoms with Crippen LogP contribution < -0.4 is 19.1 Å². The van der Waals surface area contributed by atoms with E-state index in [0.29, 0.717) is 35.3 Å². The van der Waals surface area contributed by atoms with Gasteiger partial charge in [0.25, 0.3) is 0 Å². The summed E-state index contributed by atoms with van der Waals surface area (Å²) in [5.74, 6) is 0.432. The molecular weight excluding hydrogens is 428 g/mol. The Labute approximate surface area is 193 Å². The highest BCUT2D eigenvalue weighted by Crippen LogP contribution is 2.44. The predicted octanol–water partition coefficient (Wildman–Crippen LogP) is 2.40. The van der Waals surface area contributed by atoms with Crippen molar-refractivity contribution in [3.05, 3.63) is 12.1 Å². The van der Waals surface area contributed by atoms with E-state index in [4.69, 9.17) is 18.9 Å². The van der Waals surface area contributed by atoms with Crippen molar-refractivity contribution in [3.8, 4) is 17.2 Å². The number of benzene rings is 1. The van der Waals surface area contributed by atoms with Gasteiger partial charge in [0, 0.05) is 31.1 Å². The minimum absolute atomic E-state index is 0.0423. The first-order chi connectivity index (χ1) is 15.9. The standard InChI is InChI=1S/C24H32N2O7/c1-30-19-11-16(12-20(31-2)22(19)32-3)25-13-15(10-21(25)27)23(28)26-17-8-6-5-7-14(17)9-18(26)24(29)33-4/h11-12,14-15,17-18H,5-10,13H2,1-4H3. The fraction of sp³-hybridized carbons (Fsp3) is 0.625. The van der Waals surface area contributed by atoms with Crippen molar-refractivity contribution < 1.29 is 33.3 Å². The molecule has 2 saturated heterocycles. The van der Waals surface area contributed by atoms with Crippen molar-refractivity contribution in [1.29, 1.82) is 0 Å². The molecule has 3 aliphatic rings. The molecule has 1 aromatic rings. The van der Waals surface area contributed by atoms with E-state index in [0.717, 1.165) is 25.7 Å². The number of amides is 2. The van der Waals surface area contributed by atoms with E-state index < -0.39 is 12.0 Å². The Hall–Kier alpha value is -2.97. The number of carbonyl (C=O) groups excluding carboxylic acids is 3. The van der Waals surface area contributed by atoms with Crippen molar-refractivity contribution in [3.63, 3.8) is 0 Å². The zero-order valence-electron chi connectivity index (χ0n) is 19.7. The second kappa shape index (κ2) is 9.49. The lowest BCUT2D eigenvalue weighted by Crippen LogP contribution is -2.49. The van der Waals surface area contributed by atoms with Crippen molar-refractivity contribution in [2.45, 2.75) is 50.6 Å². The summed E-state index contributed by atoms with van der Waals surface area (Å²) in [5, 5.41) is 0. The van der Waals surface area contributed by atoms with E-state index in [1.54, 1.807) is 21.9 Å². The Balaban J connectivity index is 1.59. The van der Waals surface area contributed by atoms with Crippen LogP contribution in [0.15, 0.2) is 12.1 Å². The quantitative estimate of drug-likeness (QED) is 0.602. The van der Waals surface area contributed by atoms with Gasteiger partial charge >= 0.3 is 5.97 Å². The first-order valence-corrected chi connectivity index (χ1v) is 11.4. The molecule has 4 unspecified atom stereocenters. The van der Waals surface area contributed by atoms with Crippen LogP contribution in [0, 0.1) is 11.8 Å². The number of hydrogen-bond donors (Lipinski definition) is 0. The third kappa shape index (κ3) is 4.09. The Kier molecular flexibility index (Phi) is 6.67. The van der Waals surface area contributed by atoms with Gasteiger partial charge in [0.15, 0.2) is 11.5 Å². The van der Waals surface area contributed by atoms with Gasteiger partial charge in [-0.15, -0.1) is 0 Å². The van der Waals surface area contributed by atoms with E-state index in [2.05, 4.69) is 0 Å². The first kappa shape index (κ1) is 23.2. The Morgan fingerprint density at radius 2 is 1.64 bits per heavy atom. The van der Waals surface area contributed by atoms with Gasteiger partial charge in [0.1, 0.15) is 6.04 Å². The molecule has 1 aliphatic carbocycles. The van der Waals surface area contributed by atoms with E-state index in [1.165, 1.54) is 28.4 Å². The molecule has 33 heavy (non-hydrogen) atoms. The molecule has 2 heterocycles. The molecule has 1 saturated carbocycles. The van der Waals surface area contributed by atoms with Crippen LogP contribution >= 0.6 is 0 Å². The minimum atomic E-state index is -0.569. The normalized spacial score (nSPS) is 26.7. The van der Waals surface area contributed by atoms with Gasteiger partial charge < -0.3 is 28.7 Å². The van der Waals surface area contributed by atoms with Gasteiger partial charge in [-0.05, 0) is 25.2 Å². The van der Waals surface area contributed by atoms with E-state index in [-0.39, 0.29) is 36.8 Å². The number of fused-ring (bicyclic) bond motifs is 1. The fourth-order valence-electron chi connectivity index (χ4n) is 5.68. The van der Waals surface area contributed by atoms with E-state index >= 15 is 0 Å². The number of carbonyl (C=O) groups is 3. The fourth-order valence-corrected chi connectivity index (χ4v) is 5.68. The average Bonchev–Trinajstić information content (AvgIpc) is 3.43. The molecule has 2 aliphatic heterocycles. The third-order valence-electron chi connectivity index (χ3n) is 7.25. The second-order valence-corrected chi connectivity index (χ2v) is 8.92. The van der Waals surface area contributed by atoms with Crippen LogP contribution in [0.4, 0.5) is 5.69 Å². The summed E-state index contributed by atoms with van der Waals surface area (Å²) >= 11 is 0. The van der Waals surface area contributed by atoms with Gasteiger partial charge in [0.2, 0.25) is 17.6 Å². The van der Waals surface area contributed by atoms with Crippen molar-refractivity contribution in [1.82, 2.24) is 4.90 Å². The molecule has 4 rings (SSSR count). The molecule has 0 aromatic heterocycles. The molecule has 180 valence electrons. The molecule has 9 nitrogen and oxygen atoms in total. The maximum Gasteiger partial charge on any atom is 0.328 e. The van der Waals surface area contributed by atoms with E-state index in [9.17, 15) is 14.4 Å². The van der Waals surface area contributed by atoms with Crippen LogP contribution in [0.1, 0.15) is 38.5 Å². The summed E-state index contributed by atoms with van der Waals surface area (Å²) in [5.41, 5.74) is 0.575. The highest BCUT2D eigenvalue weighted by molar-refractivity contribution is 6.01. The molecule has 0 bridgehead atoms. The summed E-state index contributed by atoms with van der Waals surface area (Å²) in [6.07, 6.45) is 4.80. The molecular formula is C24H32N2O7. The van der Waals surface area contributed by atoms with Crippen LogP contribution in [0.25, 0.3) is 0 Å². The minimum Gasteiger partial charge on any atom is -0.493 e. The molecule has 2 amide bonds. The van der Waals surface area contributed by atoms with Crippen molar-refractivity contribution >= 4 is 23.5 Å².